The number of nitrogens with zero attached hydrogens (tertiary/aromatic N) is 1. The third-order valence-corrected chi connectivity index (χ3v) is 4.41. The highest BCUT2D eigenvalue weighted by molar-refractivity contribution is 7.92. The van der Waals surface area contributed by atoms with Gasteiger partial charge in [-0.05, 0) is 50.2 Å². The van der Waals surface area contributed by atoms with E-state index in [1.54, 1.807) is 24.3 Å². The van der Waals surface area contributed by atoms with E-state index in [1.807, 2.05) is 0 Å². The molecule has 0 fully saturated rings. The van der Waals surface area contributed by atoms with Crippen molar-refractivity contribution in [2.45, 2.75) is 13.3 Å². The zero-order chi connectivity index (χ0) is 21.9. The Hall–Kier alpha value is -2.43. The number of benzene rings is 2. The maximum Gasteiger partial charge on any atom is 0.308 e. The fourth-order valence-corrected chi connectivity index (χ4v) is 2.90. The van der Waals surface area contributed by atoms with Gasteiger partial charge in [-0.15, -0.1) is 0 Å². The molecule has 2 N–H and O–H groups in total. The lowest BCUT2D eigenvalue weighted by Crippen LogP contribution is -2.26. The van der Waals surface area contributed by atoms with Crippen LogP contribution in [0.2, 0.25) is 0 Å². The molecule has 8 nitrogen and oxygen atoms in total. The second kappa shape index (κ2) is 12.2. The number of anilines is 1. The van der Waals surface area contributed by atoms with Crippen molar-refractivity contribution in [1.82, 2.24) is 4.90 Å². The minimum absolute atomic E-state index is 0.532. The maximum absolute atomic E-state index is 11.2. The maximum atomic E-state index is 11.2. The summed E-state index contributed by atoms with van der Waals surface area (Å²) in [5.41, 5.74) is 3.15. The Kier molecular flexibility index (Phi) is 10.4. The third kappa shape index (κ3) is 12.6. The van der Waals surface area contributed by atoms with Crippen LogP contribution in [0.25, 0.3) is 0 Å². The predicted octanol–water partition coefficient (Wildman–Crippen LogP) is 2.55. The van der Waals surface area contributed by atoms with E-state index in [-0.39, 0.29) is 0 Å². The largest absolute Gasteiger partial charge is 0.492 e. The van der Waals surface area contributed by atoms with E-state index < -0.39 is 20.5 Å². The Morgan fingerprint density at radius 2 is 1.59 bits per heavy atom. The first-order valence-corrected chi connectivity index (χ1v) is 11.8. The second-order valence-corrected chi connectivity index (χ2v) is 8.74. The van der Waals surface area contributed by atoms with Gasteiger partial charge in [0.2, 0.25) is 10.0 Å². The summed E-state index contributed by atoms with van der Waals surface area (Å²) in [6, 6.07) is 15.5. The highest BCUT2D eigenvalue weighted by atomic mass is 32.2. The van der Waals surface area contributed by atoms with E-state index in [0.717, 1.165) is 31.5 Å². The minimum atomic E-state index is -3.25. The van der Waals surface area contributed by atoms with Gasteiger partial charge in [-0.1, -0.05) is 29.8 Å². The van der Waals surface area contributed by atoms with Crippen LogP contribution in [0.4, 0.5) is 5.69 Å². The van der Waals surface area contributed by atoms with E-state index in [4.69, 9.17) is 17.9 Å². The first-order valence-electron chi connectivity index (χ1n) is 8.80. The average Bonchev–Trinajstić information content (AvgIpc) is 2.61. The van der Waals surface area contributed by atoms with Crippen molar-refractivity contribution in [2.75, 3.05) is 37.7 Å². The first-order chi connectivity index (χ1) is 13.5. The quantitative estimate of drug-likeness (QED) is 0.618. The Morgan fingerprint density at radius 1 is 1.03 bits per heavy atom. The monoisotopic (exact) mass is 441 g/mol. The summed E-state index contributed by atoms with van der Waals surface area (Å²) in [6.07, 6.45) is 2.15. The molecule has 0 aliphatic heterocycles. The molecule has 0 unspecified atom stereocenters. The number of hydrogen-bond acceptors (Lipinski definition) is 7. The van der Waals surface area contributed by atoms with Crippen LogP contribution < -0.4 is 9.46 Å². The van der Waals surface area contributed by atoms with Crippen molar-refractivity contribution in [3.8, 4) is 5.75 Å². The Labute approximate surface area is 174 Å². The van der Waals surface area contributed by atoms with Gasteiger partial charge in [-0.3, -0.25) is 4.72 Å². The molecule has 0 atom stereocenters. The van der Waals surface area contributed by atoms with Crippen LogP contribution in [0, 0.1) is 11.7 Å². The molecule has 2 aromatic carbocycles. The molecule has 2 aromatic rings. The van der Waals surface area contributed by atoms with Crippen molar-refractivity contribution in [2.24, 2.45) is 0 Å². The predicted molar refractivity (Wildman–Crippen MR) is 114 cm³/mol. The first kappa shape index (κ1) is 24.6. The highest BCUT2D eigenvalue weighted by Gasteiger charge is 2.03. The molecular weight excluding hydrogens is 414 g/mol. The second-order valence-electron chi connectivity index (χ2n) is 6.52. The Morgan fingerprint density at radius 3 is 2.10 bits per heavy atom. The van der Waals surface area contributed by atoms with Crippen LogP contribution in [-0.2, 0) is 26.9 Å². The number of nitrogens with one attached hydrogen (secondary N) is 2. The van der Waals surface area contributed by atoms with E-state index in [1.165, 1.54) is 11.1 Å². The van der Waals surface area contributed by atoms with Crippen LogP contribution in [0.5, 0.6) is 5.75 Å². The van der Waals surface area contributed by atoms with Crippen molar-refractivity contribution in [1.29, 1.82) is 4.78 Å². The Bertz CT molecular complexity index is 952. The smallest absolute Gasteiger partial charge is 0.308 e. The topological polar surface area (TPSA) is 117 Å². The van der Waals surface area contributed by atoms with E-state index >= 15 is 0 Å². The number of likely N-dealkylation sites (N-methyl/N-ethyl adjacent to an activating group) is 1. The molecule has 0 aliphatic rings. The molecule has 0 bridgehead atoms. The van der Waals surface area contributed by atoms with Crippen molar-refractivity contribution in [3.05, 3.63) is 59.7 Å². The third-order valence-electron chi connectivity index (χ3n) is 3.80. The van der Waals surface area contributed by atoms with Gasteiger partial charge in [-0.2, -0.15) is 13.2 Å². The molecule has 0 aliphatic carbocycles. The molecule has 0 saturated heterocycles. The standard InChI is InChI=1S/C19H26N2O3S.HNO2S/c1-16-4-6-17(7-5-16)12-13-21(2)14-15-24-19-10-8-18(9-11-19)20-25(3,22)23;1-4(2)3/h4-11,20H,12-15H2,1-3H3;1H. The van der Waals surface area contributed by atoms with E-state index in [0.29, 0.717) is 12.3 Å². The van der Waals surface area contributed by atoms with Gasteiger partial charge in [0.1, 0.15) is 12.4 Å². The summed E-state index contributed by atoms with van der Waals surface area (Å²) in [6.45, 7) is 4.49. The zero-order valence-electron chi connectivity index (χ0n) is 16.8. The molecule has 0 heterocycles. The molecule has 0 radical (unpaired) electrons. The van der Waals surface area contributed by atoms with Gasteiger partial charge >= 0.3 is 10.5 Å². The van der Waals surface area contributed by atoms with Gasteiger partial charge in [0, 0.05) is 18.8 Å². The van der Waals surface area contributed by atoms with Gasteiger partial charge in [0.05, 0.1) is 6.26 Å². The van der Waals surface area contributed by atoms with Gasteiger partial charge in [0.25, 0.3) is 0 Å². The molecule has 10 heteroatoms. The van der Waals surface area contributed by atoms with Gasteiger partial charge < -0.3 is 9.64 Å². The van der Waals surface area contributed by atoms with Crippen LogP contribution in [0.3, 0.4) is 0 Å². The van der Waals surface area contributed by atoms with Crippen molar-refractivity contribution < 1.29 is 21.6 Å². The average molecular weight is 442 g/mol. The fourth-order valence-electron chi connectivity index (χ4n) is 2.34. The molecule has 0 amide bonds. The van der Waals surface area contributed by atoms with Crippen LogP contribution >= 0.6 is 0 Å². The molecule has 0 spiro atoms. The minimum Gasteiger partial charge on any atom is -0.492 e. The lowest BCUT2D eigenvalue weighted by molar-refractivity contribution is 0.239. The van der Waals surface area contributed by atoms with Gasteiger partial charge in [-0.25, -0.2) is 8.42 Å². The van der Waals surface area contributed by atoms with Crippen LogP contribution in [0.1, 0.15) is 11.1 Å². The summed E-state index contributed by atoms with van der Waals surface area (Å²) < 4.78 is 53.3. The number of hydrogen-bond donors (Lipinski definition) is 2. The summed E-state index contributed by atoms with van der Waals surface area (Å²) in [7, 11) is -3.78. The molecule has 2 rings (SSSR count). The number of aryl methyl sites for hydroxylation is 1. The van der Waals surface area contributed by atoms with Gasteiger partial charge in [0.15, 0.2) is 0 Å². The lowest BCUT2D eigenvalue weighted by Gasteiger charge is -2.17. The number of rotatable bonds is 9. The fraction of sp³-hybridized carbons (Fsp3) is 0.368. The van der Waals surface area contributed by atoms with E-state index in [2.05, 4.69) is 47.9 Å². The molecule has 29 heavy (non-hydrogen) atoms. The molecule has 160 valence electrons. The highest BCUT2D eigenvalue weighted by Crippen LogP contribution is 2.16. The summed E-state index contributed by atoms with van der Waals surface area (Å²) in [5.74, 6) is 0.728. The lowest BCUT2D eigenvalue weighted by atomic mass is 10.1. The van der Waals surface area contributed by atoms with Crippen LogP contribution in [-0.4, -0.2) is 54.7 Å². The number of ether oxygens (including phenoxy) is 1. The van der Waals surface area contributed by atoms with E-state index in [9.17, 15) is 8.42 Å². The summed E-state index contributed by atoms with van der Waals surface area (Å²) >= 11 is 0. The van der Waals surface area contributed by atoms with Crippen LogP contribution in [0.15, 0.2) is 48.5 Å². The summed E-state index contributed by atoms with van der Waals surface area (Å²) in [4.78, 5) is 2.24. The summed E-state index contributed by atoms with van der Waals surface area (Å²) in [5, 5.41) is 0. The number of sulfonamides is 1. The Balaban J connectivity index is 0.000000960. The SMILES string of the molecule is Cc1ccc(CCN(C)CCOc2ccc(NS(C)(=O)=O)cc2)cc1.N=S(=O)=O. The normalized spacial score (nSPS) is 10.8. The molecular formula is C19H27N3O5S2. The van der Waals surface area contributed by atoms with Crippen molar-refractivity contribution >= 4 is 26.2 Å². The molecule has 0 saturated carbocycles. The zero-order valence-corrected chi connectivity index (χ0v) is 18.4. The van der Waals surface area contributed by atoms with Crippen molar-refractivity contribution in [3.63, 3.8) is 0 Å². The molecule has 0 aromatic heterocycles.